The van der Waals surface area contributed by atoms with Crippen molar-refractivity contribution in [1.29, 1.82) is 22.4 Å². The molecule has 0 spiro atoms. The van der Waals surface area contributed by atoms with E-state index in [2.05, 4.69) is 64.5 Å². The number of fused-ring (bicyclic) bond motifs is 2. The number of nitriles is 3. The second-order valence-electron chi connectivity index (χ2n) is 24.6. The van der Waals surface area contributed by atoms with Crippen LogP contribution < -0.4 is 27.8 Å². The summed E-state index contributed by atoms with van der Waals surface area (Å²) in [6.45, 7) is 14.4. The first-order valence-corrected chi connectivity index (χ1v) is 42.7. The number of allylic oxidation sites excluding steroid dienone is 1. The summed E-state index contributed by atoms with van der Waals surface area (Å²) >= 11 is 81.8. The number of nitrogens with zero attached hydrogens (tertiary/aromatic N) is 7. The van der Waals surface area contributed by atoms with E-state index in [9.17, 15) is 33.9 Å². The summed E-state index contributed by atoms with van der Waals surface area (Å²) in [6, 6.07) is 36.2. The van der Waals surface area contributed by atoms with Crippen molar-refractivity contribution in [2.24, 2.45) is 11.5 Å². The van der Waals surface area contributed by atoms with Crippen LogP contribution in [0.4, 0.5) is 16.3 Å². The van der Waals surface area contributed by atoms with Gasteiger partial charge in [0.2, 0.25) is 0 Å². The quantitative estimate of drug-likeness (QED) is 0.00571. The molecule has 0 aliphatic rings. The molecule has 688 valence electrons. The summed E-state index contributed by atoms with van der Waals surface area (Å²) in [5, 5.41) is 61.9. The Bertz CT molecular complexity index is 5650. The average molecular weight is 2050 g/mol. The average Bonchev–Trinajstić information content (AvgIpc) is 1.65. The van der Waals surface area contributed by atoms with Gasteiger partial charge in [-0.15, -0.1) is 0 Å². The molecular weight excluding hydrogens is 1960 g/mol. The Kier molecular flexibility index (Phi) is 58.0. The van der Waals surface area contributed by atoms with E-state index in [-0.39, 0.29) is 56.7 Å². The number of aromatic nitrogens is 7. The minimum atomic E-state index is -0.815. The van der Waals surface area contributed by atoms with Gasteiger partial charge in [0.1, 0.15) is 64.2 Å². The molecule has 44 heteroatoms. The van der Waals surface area contributed by atoms with E-state index in [0.29, 0.717) is 162 Å². The number of carbonyl (C=O) groups excluding carboxylic acids is 6. The molecule has 0 saturated heterocycles. The number of benzene rings is 6. The fourth-order valence-electron chi connectivity index (χ4n) is 9.59. The third-order valence-electron chi connectivity index (χ3n) is 15.9. The first kappa shape index (κ1) is 115. The van der Waals surface area contributed by atoms with Gasteiger partial charge in [-0.2, -0.15) is 15.8 Å². The molecule has 5 aromatic heterocycles. The number of hydrogen-bond acceptors (Lipinski definition) is 26. The number of carbonyl (C=O) groups is 6. The van der Waals surface area contributed by atoms with Crippen molar-refractivity contribution < 1.29 is 62.7 Å². The van der Waals surface area contributed by atoms with Crippen molar-refractivity contribution >= 4 is 245 Å². The van der Waals surface area contributed by atoms with Crippen LogP contribution in [0.15, 0.2) is 134 Å². The number of halogens is 14. The summed E-state index contributed by atoms with van der Waals surface area (Å²) in [7, 11) is 3.09. The van der Waals surface area contributed by atoms with Gasteiger partial charge in [-0.1, -0.05) is 201 Å². The molecule has 0 saturated carbocycles. The van der Waals surface area contributed by atoms with E-state index in [0.717, 1.165) is 57.2 Å². The van der Waals surface area contributed by atoms with Gasteiger partial charge in [0.15, 0.2) is 11.0 Å². The number of aliphatic hydroxyl groups excluding tert-OH is 2. The van der Waals surface area contributed by atoms with E-state index < -0.39 is 23.3 Å². The Labute approximate surface area is 817 Å². The topological polar surface area (TPSA) is 485 Å². The second-order valence-corrected chi connectivity index (χ2v) is 30.4. The third-order valence-corrected chi connectivity index (χ3v) is 19.6. The van der Waals surface area contributed by atoms with Crippen molar-refractivity contribution in [2.45, 2.75) is 85.7 Å². The molecule has 3 unspecified atom stereocenters. The summed E-state index contributed by atoms with van der Waals surface area (Å²) in [4.78, 5) is 88.3. The zero-order valence-corrected chi connectivity index (χ0v) is 80.9. The standard InChI is InChI=1S/C17H18Cl2N4O.C13H8Cl3N3.C13H12Cl2N2O2.C12H10Cl2N2O2.C9H5Cl2NO.C8H5Cl2N.C4H11NO.C3H5ClO2.C3H7NO2.C3H6O2.BH2N/c1-3-11(8-24)23-17-16-15(21-9(2)22-17)13(7-20-16)12-5-4-10(18)6-14(12)19;1-6-18-11-9(5-17-12(11)13(16)19-6)8-3-2-7(14)4-10(8)15;1-2-19-13(18)12-11(16)9(6-17-12)8-4-3-7(14)5-10(8)15;1-18-12(17)7-16-6-8(5-15)10-3-2-9(13)4-11(10)14;10-7-1-2-8(9(11)3-7)6(4-12)5-13;9-7-2-1-6(3-4-11)8(10)5-7;1-2-4(5)3-6;1-2-6-3(4)5;1-6-3(5)2-4;1-2-5-3-4;1-2/h4-7,11,20,24H,3,8H2,1-2H3,(H,21,22,23);2-5,17H,1H3;3-6,17H,2,16H2,1H3;2-4,6,16H,7H2,1H3;1-3,5-6H;1-2,5H,3H2;4,6H,2-3,5H2,1H3;2H2,1H3;2,4H2,1H3;3H,2H2,1H3;1-2H/b;;;8-6+;;;;;;;/i;;;;;;;;;;1D. The fourth-order valence-corrected chi connectivity index (χ4v) is 13.0. The molecule has 11 aromatic rings. The molecule has 6 aromatic carbocycles. The Hall–Kier alpha value is -9.77. The van der Waals surface area contributed by atoms with E-state index in [1.54, 1.807) is 125 Å². The number of esters is 3. The van der Waals surface area contributed by atoms with Gasteiger partial charge in [-0.05, 0) is 131 Å². The number of nitrogens with two attached hydrogens (primary N) is 3. The maximum absolute atomic E-state index is 11.7. The Morgan fingerprint density at radius 3 is 1.44 bits per heavy atom. The molecule has 29 nitrogen and oxygen atoms in total. The van der Waals surface area contributed by atoms with Crippen molar-refractivity contribution in [3.63, 3.8) is 0 Å². The predicted molar refractivity (Wildman–Crippen MR) is 518 cm³/mol. The Morgan fingerprint density at radius 1 is 0.597 bits per heavy atom. The molecule has 11 rings (SSSR count). The van der Waals surface area contributed by atoms with Crippen LogP contribution in [0.5, 0.6) is 0 Å². The minimum absolute atomic E-state index is 0.00926. The maximum atomic E-state index is 11.7. The van der Waals surface area contributed by atoms with Gasteiger partial charge in [0.05, 0.1) is 110 Å². The van der Waals surface area contributed by atoms with Crippen LogP contribution >= 0.6 is 162 Å². The van der Waals surface area contributed by atoms with Crippen LogP contribution in [-0.4, -0.2) is 163 Å². The number of hydrogen-bond donors (Lipinski definition) is 11. The molecule has 0 amide bonds. The Morgan fingerprint density at radius 2 is 1.06 bits per heavy atom. The monoisotopic (exact) mass is 2040 g/mol. The van der Waals surface area contributed by atoms with Crippen LogP contribution in [0.2, 0.25) is 65.4 Å². The van der Waals surface area contributed by atoms with E-state index in [1.165, 1.54) is 26.5 Å². The van der Waals surface area contributed by atoms with Crippen molar-refractivity contribution in [3.8, 4) is 51.6 Å². The van der Waals surface area contributed by atoms with Gasteiger partial charge in [0, 0.05) is 122 Å². The molecule has 129 heavy (non-hydrogen) atoms. The first-order valence-electron chi connectivity index (χ1n) is 38.0. The molecule has 0 fully saturated rings. The van der Waals surface area contributed by atoms with Gasteiger partial charge in [0.25, 0.3) is 6.47 Å². The van der Waals surface area contributed by atoms with Gasteiger partial charge >= 0.3 is 37.6 Å². The number of nitrogens with one attached hydrogen (secondary N) is 6. The van der Waals surface area contributed by atoms with Gasteiger partial charge in [-0.3, -0.25) is 14.4 Å². The molecule has 0 aliphatic heterocycles. The number of aliphatic hydroxyl groups is 2. The van der Waals surface area contributed by atoms with Crippen LogP contribution in [0.25, 0.3) is 61.0 Å². The van der Waals surface area contributed by atoms with Crippen LogP contribution in [0.1, 0.15) is 92.2 Å². The molecule has 3 atom stereocenters. The number of ether oxygens (including phenoxy) is 5. The number of nitrogen functional groups attached to an aromatic ring is 1. The molecule has 0 radical (unpaired) electrons. The van der Waals surface area contributed by atoms with E-state index in [1.807, 2.05) is 63.5 Å². The molecular formula is C85H89BCl14N16O13. The van der Waals surface area contributed by atoms with E-state index in [4.69, 9.17) is 212 Å². The van der Waals surface area contributed by atoms with Crippen LogP contribution in [0.3, 0.4) is 0 Å². The molecule has 0 aliphatic carbocycles. The summed E-state index contributed by atoms with van der Waals surface area (Å²) in [5.74, 6) is -0.177. The number of aldehydes is 1. The normalized spacial score (nSPS) is 10.7. The van der Waals surface area contributed by atoms with E-state index >= 15 is 0 Å². The molecule has 5 heterocycles. The van der Waals surface area contributed by atoms with Crippen molar-refractivity contribution in [1.82, 2.24) is 40.2 Å². The number of rotatable bonds is 22. The predicted octanol–water partition coefficient (Wildman–Crippen LogP) is 21.6. The van der Waals surface area contributed by atoms with Crippen LogP contribution in [-0.2, 0) is 49.3 Å². The van der Waals surface area contributed by atoms with Crippen LogP contribution in [0, 0.1) is 53.2 Å². The SMILES string of the molecule is CCC(CO)Nc1nc(C)nc2c(-c3ccc(Cl)cc3Cl)c[nH]c12.CCC(N)CO.CCOC(=O)Cl.CCOC(=O)c1[nH]cc(-c2ccc(Cl)cc2Cl)c1N.CCOC=O.COC(=O)CN.COC(=O)CN/C=C(\C#N)c1ccc(Cl)cc1Cl.Cc1nc(Cl)c2[nH]cc(-c3ccc(Cl)cc3Cl)c2n1.N#CC(C=O)c1ccc(Cl)cc1Cl.N#CCc1ccc(Cl)cc1Cl.[2H]B=N. The zero-order chi connectivity index (χ0) is 98.3. The van der Waals surface area contributed by atoms with Crippen molar-refractivity contribution in [3.05, 3.63) is 233 Å². The summed E-state index contributed by atoms with van der Waals surface area (Å²) in [6.07, 6.45) is 9.24. The molecule has 14 N–H and O–H groups in total. The number of methoxy groups -OCH3 is 2. The Balaban J connectivity index is 0.000000746. The zero-order valence-electron chi connectivity index (χ0n) is 71.3. The number of aromatic amines is 3. The first-order chi connectivity index (χ1) is 61.8. The summed E-state index contributed by atoms with van der Waals surface area (Å²) < 4.78 is 27.6. The van der Waals surface area contributed by atoms with Gasteiger partial charge < -0.3 is 81.5 Å². The van der Waals surface area contributed by atoms with Gasteiger partial charge in [-0.25, -0.2) is 29.5 Å². The summed E-state index contributed by atoms with van der Waals surface area (Å²) in [5.41, 5.74) is 25.8. The second kappa shape index (κ2) is 64.9. The van der Waals surface area contributed by atoms with Crippen molar-refractivity contribution in [2.75, 3.05) is 71.4 Å². The number of aryl methyl sites for hydroxylation is 2. The molecule has 0 bridgehead atoms. The fraction of sp³-hybridized carbons (Fsp3) is 0.259. The number of H-pyrrole nitrogens is 3. The third kappa shape index (κ3) is 41.5. The number of anilines is 2.